The van der Waals surface area contributed by atoms with E-state index in [0.717, 1.165) is 25.1 Å². The highest BCUT2D eigenvalue weighted by molar-refractivity contribution is 6.23. The van der Waals surface area contributed by atoms with E-state index in [1.54, 1.807) is 0 Å². The van der Waals surface area contributed by atoms with Gasteiger partial charge in [-0.1, -0.05) is 0 Å². The summed E-state index contributed by atoms with van der Waals surface area (Å²) in [6.07, 6.45) is 3.27. The number of hydrogen-bond acceptors (Lipinski definition) is 3. The molecule has 82 valence electrons. The van der Waals surface area contributed by atoms with E-state index in [1.807, 2.05) is 10.6 Å². The van der Waals surface area contributed by atoms with Crippen LogP contribution in [-0.2, 0) is 17.7 Å². The SMILES string of the molecule is COC1=CC(=O)c2c(cc3n2CCC3)C1=O. The third-order valence-electron chi connectivity index (χ3n) is 3.18. The number of aromatic nitrogens is 1. The maximum Gasteiger partial charge on any atom is 0.229 e. The molecule has 0 unspecified atom stereocenters. The van der Waals surface area contributed by atoms with Gasteiger partial charge in [0, 0.05) is 18.3 Å². The van der Waals surface area contributed by atoms with E-state index in [-0.39, 0.29) is 17.3 Å². The average Bonchev–Trinajstić information content (AvgIpc) is 2.82. The van der Waals surface area contributed by atoms with Gasteiger partial charge in [0.2, 0.25) is 11.6 Å². The zero-order valence-electron chi connectivity index (χ0n) is 8.95. The lowest BCUT2D eigenvalue weighted by molar-refractivity contribution is 0.0913. The van der Waals surface area contributed by atoms with Crippen LogP contribution in [0.25, 0.3) is 0 Å². The molecule has 4 heteroatoms. The summed E-state index contributed by atoms with van der Waals surface area (Å²) in [6.45, 7) is 0.833. The van der Waals surface area contributed by atoms with Crippen LogP contribution in [0.3, 0.4) is 0 Å². The van der Waals surface area contributed by atoms with Gasteiger partial charge < -0.3 is 9.30 Å². The van der Waals surface area contributed by atoms with E-state index in [2.05, 4.69) is 0 Å². The van der Waals surface area contributed by atoms with Crippen LogP contribution in [0.4, 0.5) is 0 Å². The maximum absolute atomic E-state index is 11.9. The lowest BCUT2D eigenvalue weighted by Crippen LogP contribution is -2.19. The number of ketones is 2. The number of allylic oxidation sites excluding steroid dienone is 2. The zero-order chi connectivity index (χ0) is 11.3. The Labute approximate surface area is 92.5 Å². The first-order valence-electron chi connectivity index (χ1n) is 5.29. The molecule has 16 heavy (non-hydrogen) atoms. The van der Waals surface area contributed by atoms with E-state index < -0.39 is 0 Å². The van der Waals surface area contributed by atoms with Crippen LogP contribution in [0.2, 0.25) is 0 Å². The van der Waals surface area contributed by atoms with Gasteiger partial charge >= 0.3 is 0 Å². The highest BCUT2D eigenvalue weighted by Crippen LogP contribution is 2.29. The number of nitrogens with zero attached hydrogens (tertiary/aromatic N) is 1. The fourth-order valence-corrected chi connectivity index (χ4v) is 2.46. The second-order valence-electron chi connectivity index (χ2n) is 4.06. The second-order valence-corrected chi connectivity index (χ2v) is 4.06. The first kappa shape index (κ1) is 9.39. The third kappa shape index (κ3) is 1.04. The van der Waals surface area contributed by atoms with Crippen molar-refractivity contribution in [2.75, 3.05) is 7.11 Å². The van der Waals surface area contributed by atoms with Crippen LogP contribution in [-0.4, -0.2) is 23.2 Å². The number of fused-ring (bicyclic) bond motifs is 3. The van der Waals surface area contributed by atoms with Gasteiger partial charge in [0.25, 0.3) is 0 Å². The molecular weight excluding hydrogens is 206 g/mol. The summed E-state index contributed by atoms with van der Waals surface area (Å²) >= 11 is 0. The van der Waals surface area contributed by atoms with Gasteiger partial charge in [-0.05, 0) is 18.9 Å². The summed E-state index contributed by atoms with van der Waals surface area (Å²) in [5.41, 5.74) is 2.12. The predicted molar refractivity (Wildman–Crippen MR) is 56.5 cm³/mol. The van der Waals surface area contributed by atoms with E-state index in [9.17, 15) is 9.59 Å². The molecule has 1 aromatic heterocycles. The molecule has 0 atom stereocenters. The topological polar surface area (TPSA) is 48.3 Å². The quantitative estimate of drug-likeness (QED) is 0.713. The first-order chi connectivity index (χ1) is 7.72. The van der Waals surface area contributed by atoms with Gasteiger partial charge in [0.05, 0.1) is 12.7 Å². The highest BCUT2D eigenvalue weighted by Gasteiger charge is 2.32. The fourth-order valence-electron chi connectivity index (χ4n) is 2.46. The van der Waals surface area contributed by atoms with Crippen molar-refractivity contribution in [3.8, 4) is 0 Å². The van der Waals surface area contributed by atoms with Crippen molar-refractivity contribution in [2.24, 2.45) is 0 Å². The van der Waals surface area contributed by atoms with Gasteiger partial charge in [-0.25, -0.2) is 0 Å². The van der Waals surface area contributed by atoms with Crippen molar-refractivity contribution in [1.82, 2.24) is 4.57 Å². The fraction of sp³-hybridized carbons (Fsp3) is 0.333. The van der Waals surface area contributed by atoms with E-state index >= 15 is 0 Å². The molecule has 0 N–H and O–H groups in total. The number of aryl methyl sites for hydroxylation is 1. The molecule has 1 aliphatic heterocycles. The number of hydrogen-bond donors (Lipinski definition) is 0. The molecule has 1 aromatic rings. The predicted octanol–water partition coefficient (Wildman–Crippen LogP) is 1.34. The average molecular weight is 217 g/mol. The Hall–Kier alpha value is -1.84. The molecule has 0 saturated heterocycles. The zero-order valence-corrected chi connectivity index (χ0v) is 8.95. The Morgan fingerprint density at radius 1 is 1.38 bits per heavy atom. The lowest BCUT2D eigenvalue weighted by Gasteiger charge is -2.12. The molecule has 1 aliphatic carbocycles. The van der Waals surface area contributed by atoms with Crippen LogP contribution >= 0.6 is 0 Å². The molecular formula is C12H11NO3. The number of carbonyl (C=O) groups excluding carboxylic acids is 2. The Kier molecular flexibility index (Phi) is 1.80. The molecule has 0 fully saturated rings. The molecule has 0 saturated carbocycles. The number of carbonyl (C=O) groups is 2. The summed E-state index contributed by atoms with van der Waals surface area (Å²) < 4.78 is 6.87. The van der Waals surface area contributed by atoms with Gasteiger partial charge in [0.1, 0.15) is 5.69 Å². The van der Waals surface area contributed by atoms with Gasteiger partial charge in [-0.2, -0.15) is 0 Å². The van der Waals surface area contributed by atoms with Crippen molar-refractivity contribution in [1.29, 1.82) is 0 Å². The Morgan fingerprint density at radius 2 is 2.19 bits per heavy atom. The second kappa shape index (κ2) is 3.07. The molecule has 0 radical (unpaired) electrons. The smallest absolute Gasteiger partial charge is 0.229 e. The van der Waals surface area contributed by atoms with Crippen LogP contribution in [0.15, 0.2) is 17.9 Å². The minimum absolute atomic E-state index is 0.125. The van der Waals surface area contributed by atoms with Crippen LogP contribution in [0, 0.1) is 0 Å². The summed E-state index contributed by atoms with van der Waals surface area (Å²) in [5.74, 6) is -0.166. The number of ether oxygens (including phenoxy) is 1. The van der Waals surface area contributed by atoms with E-state index in [1.165, 1.54) is 13.2 Å². The van der Waals surface area contributed by atoms with E-state index in [4.69, 9.17) is 4.74 Å². The minimum Gasteiger partial charge on any atom is -0.492 e. The maximum atomic E-state index is 11.9. The summed E-state index contributed by atoms with van der Waals surface area (Å²) in [4.78, 5) is 23.8. The highest BCUT2D eigenvalue weighted by atomic mass is 16.5. The number of methoxy groups -OCH3 is 1. The summed E-state index contributed by atoms with van der Waals surface area (Å²) in [7, 11) is 1.41. The standard InChI is InChI=1S/C12H11NO3/c1-16-10-6-9(14)11-8(12(10)15)5-7-3-2-4-13(7)11/h5-6H,2-4H2,1H3. The van der Waals surface area contributed by atoms with Gasteiger partial charge in [0.15, 0.2) is 5.76 Å². The number of Topliss-reactive ketones (excluding diaryl/α,β-unsaturated/α-hetero) is 1. The Balaban J connectivity index is 2.21. The molecule has 0 aromatic carbocycles. The van der Waals surface area contributed by atoms with Crippen LogP contribution in [0.1, 0.15) is 33.0 Å². The number of rotatable bonds is 1. The lowest BCUT2D eigenvalue weighted by atomic mass is 10.00. The largest absolute Gasteiger partial charge is 0.492 e. The Morgan fingerprint density at radius 3 is 2.94 bits per heavy atom. The normalized spacial score (nSPS) is 18.2. The van der Waals surface area contributed by atoms with Crippen LogP contribution < -0.4 is 0 Å². The molecule has 2 aliphatic rings. The molecule has 4 nitrogen and oxygen atoms in total. The van der Waals surface area contributed by atoms with Crippen LogP contribution in [0.5, 0.6) is 0 Å². The molecule has 0 spiro atoms. The molecule has 2 heterocycles. The van der Waals surface area contributed by atoms with Crippen molar-refractivity contribution in [2.45, 2.75) is 19.4 Å². The Bertz CT molecular complexity index is 537. The molecule has 0 amide bonds. The van der Waals surface area contributed by atoms with Crippen molar-refractivity contribution in [3.05, 3.63) is 34.9 Å². The molecule has 0 bridgehead atoms. The van der Waals surface area contributed by atoms with Crippen molar-refractivity contribution in [3.63, 3.8) is 0 Å². The third-order valence-corrected chi connectivity index (χ3v) is 3.18. The van der Waals surface area contributed by atoms with Gasteiger partial charge in [-0.15, -0.1) is 0 Å². The van der Waals surface area contributed by atoms with Crippen molar-refractivity contribution < 1.29 is 14.3 Å². The summed E-state index contributed by atoms with van der Waals surface area (Å²) in [5, 5.41) is 0. The van der Waals surface area contributed by atoms with Crippen molar-refractivity contribution >= 4 is 11.6 Å². The monoisotopic (exact) mass is 217 g/mol. The first-order valence-corrected chi connectivity index (χ1v) is 5.29. The summed E-state index contributed by atoms with van der Waals surface area (Å²) in [6, 6.07) is 1.83. The van der Waals surface area contributed by atoms with E-state index in [0.29, 0.717) is 11.3 Å². The minimum atomic E-state index is -0.181. The molecule has 3 rings (SSSR count). The van der Waals surface area contributed by atoms with Gasteiger partial charge in [-0.3, -0.25) is 9.59 Å².